The molecule has 100 valence electrons. The van der Waals surface area contributed by atoms with E-state index in [4.69, 9.17) is 4.74 Å². The molecule has 1 saturated heterocycles. The van der Waals surface area contributed by atoms with Gasteiger partial charge in [-0.05, 0) is 35.4 Å². The Hall–Kier alpha value is -1.30. The summed E-state index contributed by atoms with van der Waals surface area (Å²) in [7, 11) is 0. The lowest BCUT2D eigenvalue weighted by Crippen LogP contribution is -2.38. The highest BCUT2D eigenvalue weighted by Crippen LogP contribution is 2.22. The van der Waals surface area contributed by atoms with Crippen LogP contribution < -0.4 is 0 Å². The number of nitrogens with zero attached hydrogens (tertiary/aromatic N) is 3. The average Bonchev–Trinajstić information content (AvgIpc) is 2.92. The zero-order valence-corrected chi connectivity index (χ0v) is 11.8. The van der Waals surface area contributed by atoms with Gasteiger partial charge < -0.3 is 4.74 Å². The van der Waals surface area contributed by atoms with Gasteiger partial charge in [0.1, 0.15) is 11.9 Å². The second-order valence-corrected chi connectivity index (χ2v) is 5.53. The van der Waals surface area contributed by atoms with E-state index in [2.05, 4.69) is 31.7 Å². The van der Waals surface area contributed by atoms with Gasteiger partial charge in [-0.3, -0.25) is 4.90 Å². The van der Waals surface area contributed by atoms with Crippen molar-refractivity contribution in [2.45, 2.75) is 19.6 Å². The summed E-state index contributed by atoms with van der Waals surface area (Å²) in [6.45, 7) is 5.55. The summed E-state index contributed by atoms with van der Waals surface area (Å²) in [5.41, 5.74) is 2.37. The van der Waals surface area contributed by atoms with Crippen molar-refractivity contribution in [3.05, 3.63) is 46.2 Å². The Labute approximate surface area is 117 Å². The first-order valence-corrected chi connectivity index (χ1v) is 7.40. The summed E-state index contributed by atoms with van der Waals surface area (Å²) in [6.07, 6.45) is 1.87. The van der Waals surface area contributed by atoms with Gasteiger partial charge in [0.05, 0.1) is 12.3 Å². The lowest BCUT2D eigenvalue weighted by molar-refractivity contribution is -0.0350. The molecular weight excluding hydrogens is 258 g/mol. The Morgan fingerprint density at radius 1 is 1.47 bits per heavy atom. The molecule has 0 N–H and O–H groups in total. The Morgan fingerprint density at radius 2 is 2.42 bits per heavy atom. The van der Waals surface area contributed by atoms with Crippen LogP contribution in [0.5, 0.6) is 0 Å². The third-order valence-electron chi connectivity index (χ3n) is 3.26. The quantitative estimate of drug-likeness (QED) is 0.862. The first-order chi connectivity index (χ1) is 9.31. The van der Waals surface area contributed by atoms with Gasteiger partial charge in [0.2, 0.25) is 0 Å². The minimum atomic E-state index is 0.0640. The molecule has 19 heavy (non-hydrogen) atoms. The third-order valence-corrected chi connectivity index (χ3v) is 4.00. The van der Waals surface area contributed by atoms with Crippen LogP contribution >= 0.6 is 11.3 Å². The van der Waals surface area contributed by atoms with Crippen molar-refractivity contribution in [3.63, 3.8) is 0 Å². The predicted molar refractivity (Wildman–Crippen MR) is 75.1 cm³/mol. The lowest BCUT2D eigenvalue weighted by Gasteiger charge is -2.32. The third kappa shape index (κ3) is 3.18. The maximum Gasteiger partial charge on any atom is 0.125 e. The van der Waals surface area contributed by atoms with Gasteiger partial charge in [0.15, 0.2) is 0 Å². The number of hydrogen-bond acceptors (Lipinski definition) is 5. The highest BCUT2D eigenvalue weighted by Gasteiger charge is 2.23. The number of thiophene rings is 1. The Morgan fingerprint density at radius 3 is 3.21 bits per heavy atom. The first-order valence-electron chi connectivity index (χ1n) is 6.46. The van der Waals surface area contributed by atoms with Gasteiger partial charge in [-0.25, -0.2) is 9.97 Å². The number of hydrogen-bond donors (Lipinski definition) is 0. The minimum absolute atomic E-state index is 0.0640. The first kappa shape index (κ1) is 12.7. The van der Waals surface area contributed by atoms with Crippen molar-refractivity contribution < 1.29 is 4.74 Å². The highest BCUT2D eigenvalue weighted by atomic mass is 32.1. The van der Waals surface area contributed by atoms with Crippen molar-refractivity contribution >= 4 is 11.3 Å². The molecule has 1 aliphatic rings. The van der Waals surface area contributed by atoms with Crippen molar-refractivity contribution in [1.82, 2.24) is 14.9 Å². The van der Waals surface area contributed by atoms with Crippen molar-refractivity contribution in [1.29, 1.82) is 0 Å². The zero-order chi connectivity index (χ0) is 13.1. The number of aryl methyl sites for hydroxylation is 1. The predicted octanol–water partition coefficient (Wildman–Crippen LogP) is 2.42. The Bertz CT molecular complexity index is 529. The Balaban J connectivity index is 1.67. The van der Waals surface area contributed by atoms with Gasteiger partial charge in [-0.2, -0.15) is 11.3 Å². The highest BCUT2D eigenvalue weighted by molar-refractivity contribution is 7.07. The molecule has 0 aliphatic carbocycles. The van der Waals surface area contributed by atoms with Crippen molar-refractivity contribution in [2.24, 2.45) is 0 Å². The number of ether oxygens (including phenoxy) is 1. The standard InChI is InChI=1S/C14H17N3OS/c1-11-15-4-2-13(16-11)14-9-17(5-6-18-14)8-12-3-7-19-10-12/h2-4,7,10,14H,5-6,8-9H2,1H3/t14-/m1/s1. The van der Waals surface area contributed by atoms with E-state index >= 15 is 0 Å². The molecule has 1 atom stereocenters. The molecule has 0 spiro atoms. The van der Waals surface area contributed by atoms with Gasteiger partial charge in [0, 0.05) is 25.8 Å². The van der Waals surface area contributed by atoms with E-state index in [-0.39, 0.29) is 6.10 Å². The van der Waals surface area contributed by atoms with Gasteiger partial charge in [-0.1, -0.05) is 0 Å². The van der Waals surface area contributed by atoms with Crippen LogP contribution in [0.1, 0.15) is 23.2 Å². The molecular formula is C14H17N3OS. The van der Waals surface area contributed by atoms with E-state index < -0.39 is 0 Å². The fraction of sp³-hybridized carbons (Fsp3) is 0.429. The molecule has 4 nitrogen and oxygen atoms in total. The number of morpholine rings is 1. The normalized spacial score (nSPS) is 20.6. The fourth-order valence-electron chi connectivity index (χ4n) is 2.32. The molecule has 1 fully saturated rings. The second-order valence-electron chi connectivity index (χ2n) is 4.75. The number of aromatic nitrogens is 2. The van der Waals surface area contributed by atoms with Crippen LogP contribution in [-0.4, -0.2) is 34.6 Å². The number of rotatable bonds is 3. The van der Waals surface area contributed by atoms with Crippen LogP contribution in [0.2, 0.25) is 0 Å². The lowest BCUT2D eigenvalue weighted by atomic mass is 10.2. The largest absolute Gasteiger partial charge is 0.369 e. The molecule has 3 rings (SSSR count). The van der Waals surface area contributed by atoms with Crippen molar-refractivity contribution in [3.8, 4) is 0 Å². The van der Waals surface area contributed by atoms with E-state index in [0.717, 1.165) is 37.8 Å². The molecule has 0 unspecified atom stereocenters. The maximum atomic E-state index is 5.84. The molecule has 0 aromatic carbocycles. The topological polar surface area (TPSA) is 38.2 Å². The van der Waals surface area contributed by atoms with E-state index in [1.807, 2.05) is 13.0 Å². The van der Waals surface area contributed by atoms with E-state index in [9.17, 15) is 0 Å². The van der Waals surface area contributed by atoms with Crippen LogP contribution in [0.4, 0.5) is 0 Å². The minimum Gasteiger partial charge on any atom is -0.369 e. The SMILES string of the molecule is Cc1nccc([C@H]2CN(Cc3ccsc3)CCO2)n1. The molecule has 2 aromatic heterocycles. The van der Waals surface area contributed by atoms with E-state index in [0.29, 0.717) is 0 Å². The van der Waals surface area contributed by atoms with Crippen LogP contribution in [0.3, 0.4) is 0 Å². The van der Waals surface area contributed by atoms with Gasteiger partial charge >= 0.3 is 0 Å². The summed E-state index contributed by atoms with van der Waals surface area (Å²) in [5, 5.41) is 4.33. The maximum absolute atomic E-state index is 5.84. The van der Waals surface area contributed by atoms with Crippen LogP contribution in [-0.2, 0) is 11.3 Å². The summed E-state index contributed by atoms with van der Waals surface area (Å²) < 4.78 is 5.84. The zero-order valence-electron chi connectivity index (χ0n) is 11.0. The summed E-state index contributed by atoms with van der Waals surface area (Å²) in [4.78, 5) is 11.0. The second kappa shape index (κ2) is 5.77. The van der Waals surface area contributed by atoms with Crippen LogP contribution in [0.15, 0.2) is 29.1 Å². The molecule has 1 aliphatic heterocycles. The van der Waals surface area contributed by atoms with E-state index in [1.54, 1.807) is 17.5 Å². The molecule has 5 heteroatoms. The molecule has 0 bridgehead atoms. The Kier molecular flexibility index (Phi) is 3.87. The summed E-state index contributed by atoms with van der Waals surface area (Å²) in [6, 6.07) is 4.13. The fourth-order valence-corrected chi connectivity index (χ4v) is 2.98. The molecule has 0 saturated carbocycles. The van der Waals surface area contributed by atoms with Crippen molar-refractivity contribution in [2.75, 3.05) is 19.7 Å². The van der Waals surface area contributed by atoms with Crippen LogP contribution in [0, 0.1) is 6.92 Å². The van der Waals surface area contributed by atoms with Crippen LogP contribution in [0.25, 0.3) is 0 Å². The monoisotopic (exact) mass is 275 g/mol. The molecule has 0 amide bonds. The van der Waals surface area contributed by atoms with E-state index in [1.165, 1.54) is 5.56 Å². The molecule has 0 radical (unpaired) electrons. The van der Waals surface area contributed by atoms with Gasteiger partial charge in [0.25, 0.3) is 0 Å². The summed E-state index contributed by atoms with van der Waals surface area (Å²) in [5.74, 6) is 0.802. The smallest absolute Gasteiger partial charge is 0.125 e. The molecule has 2 aromatic rings. The average molecular weight is 275 g/mol. The van der Waals surface area contributed by atoms with Gasteiger partial charge in [-0.15, -0.1) is 0 Å². The summed E-state index contributed by atoms with van der Waals surface area (Å²) >= 11 is 1.75. The molecule has 3 heterocycles.